The van der Waals surface area contributed by atoms with Crippen LogP contribution in [0.5, 0.6) is 0 Å². The molecule has 3 aromatic rings. The monoisotopic (exact) mass is 565 g/mol. The number of aliphatic imine (C=N–C) groups is 1. The molecule has 0 aliphatic heterocycles. The maximum absolute atomic E-state index is 13.7. The molecule has 0 aliphatic rings. The van der Waals surface area contributed by atoms with Gasteiger partial charge in [0.1, 0.15) is 29.1 Å². The summed E-state index contributed by atoms with van der Waals surface area (Å²) in [5.74, 6) is 0.216. The first-order valence-electron chi connectivity index (χ1n) is 10.2. The second kappa shape index (κ2) is 12.2. The third kappa shape index (κ3) is 6.64. The zero-order valence-corrected chi connectivity index (χ0v) is 20.7. The Morgan fingerprint density at radius 1 is 1.18 bits per heavy atom. The number of hydrogen-bond acceptors (Lipinski definition) is 4. The van der Waals surface area contributed by atoms with Crippen molar-refractivity contribution in [3.8, 4) is 11.8 Å². The van der Waals surface area contributed by atoms with Crippen molar-refractivity contribution in [1.82, 2.24) is 20.4 Å². The second-order valence-electron chi connectivity index (χ2n) is 7.25. The molecule has 0 atom stereocenters. The van der Waals surface area contributed by atoms with Crippen LogP contribution in [0.25, 0.3) is 5.69 Å². The molecule has 0 radical (unpaired) electrons. The van der Waals surface area contributed by atoms with Gasteiger partial charge in [0.05, 0.1) is 11.4 Å². The fourth-order valence-corrected chi connectivity index (χ4v) is 3.17. The highest BCUT2D eigenvalue weighted by Crippen LogP contribution is 2.21. The number of benzene rings is 2. The first-order chi connectivity index (χ1) is 15.4. The Morgan fingerprint density at radius 2 is 1.91 bits per heavy atom. The minimum atomic E-state index is -0.360. The van der Waals surface area contributed by atoms with Crippen molar-refractivity contribution in [2.45, 2.75) is 26.3 Å². The highest BCUT2D eigenvalue weighted by atomic mass is 127. The molecule has 0 spiro atoms. The van der Waals surface area contributed by atoms with E-state index in [-0.39, 0.29) is 41.4 Å². The third-order valence-electron chi connectivity index (χ3n) is 4.98. The van der Waals surface area contributed by atoms with E-state index in [1.807, 2.05) is 6.07 Å². The maximum atomic E-state index is 13.7. The third-order valence-corrected chi connectivity index (χ3v) is 4.98. The number of nitriles is 1. The summed E-state index contributed by atoms with van der Waals surface area (Å²) < 4.78 is 28.3. The van der Waals surface area contributed by atoms with Crippen LogP contribution in [0.3, 0.4) is 0 Å². The fraction of sp³-hybridized carbons (Fsp3) is 0.261. The summed E-state index contributed by atoms with van der Waals surface area (Å²) in [6, 6.07) is 13.0. The van der Waals surface area contributed by atoms with Crippen LogP contribution in [-0.4, -0.2) is 29.3 Å². The zero-order chi connectivity index (χ0) is 23.1. The number of anilines is 1. The van der Waals surface area contributed by atoms with Crippen LogP contribution < -0.4 is 16.4 Å². The Kier molecular flexibility index (Phi) is 9.59. The summed E-state index contributed by atoms with van der Waals surface area (Å²) in [6.45, 7) is 2.74. The van der Waals surface area contributed by atoms with E-state index in [2.05, 4.69) is 26.8 Å². The molecule has 0 fully saturated rings. The molecule has 0 aliphatic carbocycles. The summed E-state index contributed by atoms with van der Waals surface area (Å²) in [7, 11) is 1.66. The lowest BCUT2D eigenvalue weighted by molar-refractivity contribution is 0.615. The quantitative estimate of drug-likeness (QED) is 0.175. The van der Waals surface area contributed by atoms with Crippen molar-refractivity contribution in [1.29, 1.82) is 5.26 Å². The van der Waals surface area contributed by atoms with Crippen LogP contribution >= 0.6 is 24.0 Å². The van der Waals surface area contributed by atoms with E-state index in [0.29, 0.717) is 54.4 Å². The van der Waals surface area contributed by atoms with Crippen LogP contribution in [0, 0.1) is 29.9 Å². The smallest absolute Gasteiger partial charge is 0.191 e. The van der Waals surface area contributed by atoms with Crippen molar-refractivity contribution in [3.05, 3.63) is 76.5 Å². The number of aryl methyl sites for hydroxylation is 2. The number of nitrogens with one attached hydrogen (secondary N) is 2. The van der Waals surface area contributed by atoms with Crippen molar-refractivity contribution in [2.24, 2.45) is 4.99 Å². The van der Waals surface area contributed by atoms with Gasteiger partial charge in [0.15, 0.2) is 5.96 Å². The molecule has 33 heavy (non-hydrogen) atoms. The van der Waals surface area contributed by atoms with E-state index < -0.39 is 0 Å². The molecule has 0 saturated heterocycles. The van der Waals surface area contributed by atoms with Gasteiger partial charge in [-0.05, 0) is 61.2 Å². The van der Waals surface area contributed by atoms with E-state index in [4.69, 9.17) is 5.73 Å². The predicted molar refractivity (Wildman–Crippen MR) is 136 cm³/mol. The molecule has 0 bridgehead atoms. The summed E-state index contributed by atoms with van der Waals surface area (Å²) in [4.78, 5) is 4.16. The topological polar surface area (TPSA) is 104 Å². The van der Waals surface area contributed by atoms with Crippen LogP contribution in [0.15, 0.2) is 47.5 Å². The standard InChI is InChI=1S/C23H25F2N7.HI/c1-15-5-6-16(12-20(15)25)14-30-23(28-2)29-11-3-4-21-19(13-26)22(27)32(31-21)18-9-7-17(24)8-10-18;/h5-10,12H,3-4,11,14,27H2,1-2H3,(H2,28,29,30);1H. The number of nitrogens with zero attached hydrogens (tertiary/aromatic N) is 4. The van der Waals surface area contributed by atoms with Crippen molar-refractivity contribution >= 4 is 35.8 Å². The van der Waals surface area contributed by atoms with E-state index in [0.717, 1.165) is 5.56 Å². The van der Waals surface area contributed by atoms with Gasteiger partial charge < -0.3 is 16.4 Å². The Balaban J connectivity index is 0.00000385. The Labute approximate surface area is 208 Å². The number of guanidine groups is 1. The molecule has 4 N–H and O–H groups in total. The molecule has 0 saturated carbocycles. The lowest BCUT2D eigenvalue weighted by Gasteiger charge is -2.12. The van der Waals surface area contributed by atoms with Gasteiger partial charge in [-0.1, -0.05) is 12.1 Å². The van der Waals surface area contributed by atoms with Crippen molar-refractivity contribution in [2.75, 3.05) is 19.3 Å². The van der Waals surface area contributed by atoms with E-state index in [1.54, 1.807) is 32.2 Å². The van der Waals surface area contributed by atoms with Crippen LogP contribution in [0.1, 0.15) is 28.8 Å². The normalized spacial score (nSPS) is 10.9. The van der Waals surface area contributed by atoms with Crippen molar-refractivity contribution < 1.29 is 8.78 Å². The molecular weight excluding hydrogens is 539 g/mol. The molecule has 174 valence electrons. The number of nitrogens with two attached hydrogens (primary N) is 1. The van der Waals surface area contributed by atoms with Gasteiger partial charge in [-0.15, -0.1) is 24.0 Å². The maximum Gasteiger partial charge on any atom is 0.191 e. The molecule has 7 nitrogen and oxygen atoms in total. The van der Waals surface area contributed by atoms with Crippen LogP contribution in [0.2, 0.25) is 0 Å². The number of aromatic nitrogens is 2. The lowest BCUT2D eigenvalue weighted by atomic mass is 10.1. The average Bonchev–Trinajstić information content (AvgIpc) is 3.11. The molecule has 2 aromatic carbocycles. The summed E-state index contributed by atoms with van der Waals surface area (Å²) in [5.41, 5.74) is 8.99. The zero-order valence-electron chi connectivity index (χ0n) is 18.4. The SMILES string of the molecule is CN=C(NCCCc1nn(-c2ccc(F)cc2)c(N)c1C#N)NCc1ccc(C)c(F)c1.I. The summed E-state index contributed by atoms with van der Waals surface area (Å²) in [6.07, 6.45) is 1.20. The first kappa shape index (κ1) is 26.1. The van der Waals surface area contributed by atoms with E-state index >= 15 is 0 Å². The number of halogens is 3. The summed E-state index contributed by atoms with van der Waals surface area (Å²) >= 11 is 0. The molecular formula is C23H26F2IN7. The highest BCUT2D eigenvalue weighted by molar-refractivity contribution is 14.0. The molecule has 3 rings (SSSR count). The Hall–Kier alpha value is -3.20. The van der Waals surface area contributed by atoms with Gasteiger partial charge >= 0.3 is 0 Å². The number of nitrogen functional groups attached to an aromatic ring is 1. The number of hydrogen-bond donors (Lipinski definition) is 3. The first-order valence-corrected chi connectivity index (χ1v) is 10.2. The molecule has 0 unspecified atom stereocenters. The average molecular weight is 565 g/mol. The van der Waals surface area contributed by atoms with Crippen LogP contribution in [-0.2, 0) is 13.0 Å². The van der Waals surface area contributed by atoms with E-state index in [1.165, 1.54) is 22.9 Å². The molecule has 1 aromatic heterocycles. The summed E-state index contributed by atoms with van der Waals surface area (Å²) in [5, 5.41) is 20.3. The Bertz CT molecular complexity index is 1150. The van der Waals surface area contributed by atoms with E-state index in [9.17, 15) is 14.0 Å². The molecule has 1 heterocycles. The minimum Gasteiger partial charge on any atom is -0.382 e. The van der Waals surface area contributed by atoms with Crippen molar-refractivity contribution in [3.63, 3.8) is 0 Å². The molecule has 10 heteroatoms. The minimum absolute atomic E-state index is 0. The lowest BCUT2D eigenvalue weighted by Crippen LogP contribution is -2.37. The van der Waals surface area contributed by atoms with Gasteiger partial charge in [-0.2, -0.15) is 10.4 Å². The van der Waals surface area contributed by atoms with Crippen LogP contribution in [0.4, 0.5) is 14.6 Å². The molecule has 0 amide bonds. The van der Waals surface area contributed by atoms with Gasteiger partial charge in [-0.3, -0.25) is 4.99 Å². The largest absolute Gasteiger partial charge is 0.382 e. The highest BCUT2D eigenvalue weighted by Gasteiger charge is 2.16. The number of rotatable bonds is 7. The van der Waals surface area contributed by atoms with Gasteiger partial charge in [-0.25, -0.2) is 13.5 Å². The second-order valence-corrected chi connectivity index (χ2v) is 7.25. The van der Waals surface area contributed by atoms with Gasteiger partial charge in [0, 0.05) is 20.1 Å². The van der Waals surface area contributed by atoms with Gasteiger partial charge in [0.25, 0.3) is 0 Å². The predicted octanol–water partition coefficient (Wildman–Crippen LogP) is 3.83. The van der Waals surface area contributed by atoms with Gasteiger partial charge in [0.2, 0.25) is 0 Å². The fourth-order valence-electron chi connectivity index (χ4n) is 3.17. The Morgan fingerprint density at radius 3 is 2.55 bits per heavy atom.